The van der Waals surface area contributed by atoms with Gasteiger partial charge in [0, 0.05) is 17.8 Å². The van der Waals surface area contributed by atoms with Gasteiger partial charge in [-0.05, 0) is 17.7 Å². The number of thioether (sulfide) groups is 1. The number of carbonyl (C=O) groups excluding carboxylic acids is 1. The molecule has 1 N–H and O–H groups in total. The van der Waals surface area contributed by atoms with E-state index in [4.69, 9.17) is 18.6 Å². The van der Waals surface area contributed by atoms with Crippen LogP contribution in [0.25, 0.3) is 11.6 Å². The average Bonchev–Trinajstić information content (AvgIpc) is 3.53. The largest absolute Gasteiger partial charge is 0.493 e. The molecule has 0 radical (unpaired) electrons. The van der Waals surface area contributed by atoms with Gasteiger partial charge in [-0.2, -0.15) is 0 Å². The Balaban J connectivity index is 1.51. The molecule has 1 amide bonds. The van der Waals surface area contributed by atoms with E-state index in [0.29, 0.717) is 46.2 Å². The van der Waals surface area contributed by atoms with Crippen molar-refractivity contribution in [2.45, 2.75) is 11.7 Å². The minimum absolute atomic E-state index is 0.127. The van der Waals surface area contributed by atoms with Crippen LogP contribution < -0.4 is 19.5 Å². The Kier molecular flexibility index (Phi) is 7.38. The van der Waals surface area contributed by atoms with Crippen molar-refractivity contribution >= 4 is 23.4 Å². The maximum Gasteiger partial charge on any atom is 0.234 e. The van der Waals surface area contributed by atoms with Gasteiger partial charge in [0.2, 0.25) is 17.5 Å². The monoisotopic (exact) mass is 480 g/mol. The van der Waals surface area contributed by atoms with E-state index >= 15 is 0 Å². The number of hydrogen-bond donors (Lipinski definition) is 1. The summed E-state index contributed by atoms with van der Waals surface area (Å²) in [5, 5.41) is 12.1. The molecular weight excluding hydrogens is 456 g/mol. The Hall–Kier alpha value is -3.92. The lowest BCUT2D eigenvalue weighted by Crippen LogP contribution is -2.15. The number of hydrogen-bond acceptors (Lipinski definition) is 8. The van der Waals surface area contributed by atoms with Gasteiger partial charge in [0.15, 0.2) is 22.4 Å². The quantitative estimate of drug-likeness (QED) is 0.335. The second-order valence-electron chi connectivity index (χ2n) is 7.11. The normalized spacial score (nSPS) is 10.7. The molecule has 0 bridgehead atoms. The van der Waals surface area contributed by atoms with E-state index < -0.39 is 0 Å². The smallest absolute Gasteiger partial charge is 0.234 e. The summed E-state index contributed by atoms with van der Waals surface area (Å²) in [6, 6.07) is 17.0. The molecule has 0 aliphatic heterocycles. The molecule has 34 heavy (non-hydrogen) atoms. The molecule has 0 aliphatic rings. The van der Waals surface area contributed by atoms with Crippen molar-refractivity contribution in [3.05, 3.63) is 66.4 Å². The molecule has 9 nitrogen and oxygen atoms in total. The SMILES string of the molecule is COc1cc(NC(=O)CSc2nnc(-c3ccco3)n2Cc2ccccc2)cc(OC)c1OC. The van der Waals surface area contributed by atoms with E-state index in [2.05, 4.69) is 15.5 Å². The third-order valence-electron chi connectivity index (χ3n) is 4.92. The Morgan fingerprint density at radius 1 is 1.00 bits per heavy atom. The third kappa shape index (κ3) is 5.18. The number of nitrogens with one attached hydrogen (secondary N) is 1. The Labute approximate surface area is 201 Å². The maximum atomic E-state index is 12.7. The predicted molar refractivity (Wildman–Crippen MR) is 129 cm³/mol. The summed E-state index contributed by atoms with van der Waals surface area (Å²) in [5.74, 6) is 2.48. The van der Waals surface area contributed by atoms with E-state index in [1.807, 2.05) is 41.0 Å². The molecule has 0 fully saturated rings. The molecule has 4 rings (SSSR count). The number of carbonyl (C=O) groups is 1. The zero-order chi connectivity index (χ0) is 23.9. The van der Waals surface area contributed by atoms with Crippen molar-refractivity contribution in [3.63, 3.8) is 0 Å². The lowest BCUT2D eigenvalue weighted by Gasteiger charge is -2.14. The Bertz CT molecular complexity index is 1220. The first-order valence-electron chi connectivity index (χ1n) is 10.4. The van der Waals surface area contributed by atoms with Gasteiger partial charge < -0.3 is 23.9 Å². The van der Waals surface area contributed by atoms with Gasteiger partial charge in [-0.3, -0.25) is 9.36 Å². The molecule has 0 aliphatic carbocycles. The molecule has 10 heteroatoms. The fourth-order valence-corrected chi connectivity index (χ4v) is 4.11. The van der Waals surface area contributed by atoms with Gasteiger partial charge in [-0.15, -0.1) is 10.2 Å². The average molecular weight is 481 g/mol. The van der Waals surface area contributed by atoms with Gasteiger partial charge in [0.25, 0.3) is 0 Å². The van der Waals surface area contributed by atoms with Crippen molar-refractivity contribution in [3.8, 4) is 28.8 Å². The van der Waals surface area contributed by atoms with Crippen LogP contribution in [0, 0.1) is 0 Å². The molecule has 0 atom stereocenters. The summed E-state index contributed by atoms with van der Waals surface area (Å²) >= 11 is 1.29. The number of ether oxygens (including phenoxy) is 3. The van der Waals surface area contributed by atoms with E-state index in [1.165, 1.54) is 33.1 Å². The van der Waals surface area contributed by atoms with Crippen molar-refractivity contribution in [1.82, 2.24) is 14.8 Å². The Morgan fingerprint density at radius 3 is 2.35 bits per heavy atom. The third-order valence-corrected chi connectivity index (χ3v) is 5.89. The van der Waals surface area contributed by atoms with Crippen molar-refractivity contribution in [2.75, 3.05) is 32.4 Å². The topological polar surface area (TPSA) is 101 Å². The second kappa shape index (κ2) is 10.8. The fraction of sp³-hybridized carbons (Fsp3) is 0.208. The van der Waals surface area contributed by atoms with Crippen molar-refractivity contribution in [2.24, 2.45) is 0 Å². The molecule has 2 aromatic carbocycles. The zero-order valence-corrected chi connectivity index (χ0v) is 19.8. The fourth-order valence-electron chi connectivity index (χ4n) is 3.37. The van der Waals surface area contributed by atoms with Crippen LogP contribution >= 0.6 is 11.8 Å². The van der Waals surface area contributed by atoms with E-state index in [0.717, 1.165) is 5.56 Å². The maximum absolute atomic E-state index is 12.7. The van der Waals surface area contributed by atoms with Gasteiger partial charge in [0.05, 0.1) is 39.9 Å². The molecule has 0 saturated carbocycles. The Morgan fingerprint density at radius 2 is 1.74 bits per heavy atom. The second-order valence-corrected chi connectivity index (χ2v) is 8.05. The standard InChI is InChI=1S/C24H24N4O5S/c1-30-19-12-17(13-20(31-2)22(19)32-3)25-21(29)15-34-24-27-26-23(18-10-7-11-33-18)28(24)14-16-8-5-4-6-9-16/h4-13H,14-15H2,1-3H3,(H,25,29). The highest BCUT2D eigenvalue weighted by molar-refractivity contribution is 7.99. The molecule has 0 unspecified atom stereocenters. The van der Waals surface area contributed by atoms with Gasteiger partial charge in [-0.1, -0.05) is 42.1 Å². The number of amides is 1. The van der Waals surface area contributed by atoms with Gasteiger partial charge >= 0.3 is 0 Å². The van der Waals surface area contributed by atoms with Crippen LogP contribution in [0.2, 0.25) is 0 Å². The van der Waals surface area contributed by atoms with Crippen LogP contribution in [0.3, 0.4) is 0 Å². The van der Waals surface area contributed by atoms with Crippen LogP contribution in [-0.2, 0) is 11.3 Å². The van der Waals surface area contributed by atoms with E-state index in [1.54, 1.807) is 24.5 Å². The molecule has 0 spiro atoms. The number of aromatic nitrogens is 3. The lowest BCUT2D eigenvalue weighted by atomic mass is 10.2. The lowest BCUT2D eigenvalue weighted by molar-refractivity contribution is -0.113. The summed E-state index contributed by atoms with van der Waals surface area (Å²) in [5.41, 5.74) is 1.61. The highest BCUT2D eigenvalue weighted by Gasteiger charge is 2.19. The number of rotatable bonds is 10. The highest BCUT2D eigenvalue weighted by atomic mass is 32.2. The highest BCUT2D eigenvalue weighted by Crippen LogP contribution is 2.40. The van der Waals surface area contributed by atoms with Crippen LogP contribution in [0.1, 0.15) is 5.56 Å². The number of methoxy groups -OCH3 is 3. The summed E-state index contributed by atoms with van der Waals surface area (Å²) in [4.78, 5) is 12.7. The van der Waals surface area contributed by atoms with Crippen molar-refractivity contribution in [1.29, 1.82) is 0 Å². The minimum atomic E-state index is -0.215. The molecular formula is C24H24N4O5S. The van der Waals surface area contributed by atoms with Crippen LogP contribution in [0.5, 0.6) is 17.2 Å². The van der Waals surface area contributed by atoms with Crippen molar-refractivity contribution < 1.29 is 23.4 Å². The number of benzene rings is 2. The molecule has 176 valence electrons. The summed E-state index contributed by atoms with van der Waals surface area (Å²) < 4.78 is 23.5. The summed E-state index contributed by atoms with van der Waals surface area (Å²) in [6.45, 7) is 0.542. The van der Waals surface area contributed by atoms with E-state index in [-0.39, 0.29) is 11.7 Å². The molecule has 2 heterocycles. The molecule has 0 saturated heterocycles. The minimum Gasteiger partial charge on any atom is -0.493 e. The molecule has 2 aromatic heterocycles. The van der Waals surface area contributed by atoms with Gasteiger partial charge in [-0.25, -0.2) is 0 Å². The van der Waals surface area contributed by atoms with E-state index in [9.17, 15) is 4.79 Å². The molecule has 4 aromatic rings. The number of anilines is 1. The summed E-state index contributed by atoms with van der Waals surface area (Å²) in [7, 11) is 4.57. The van der Waals surface area contributed by atoms with Crippen LogP contribution in [0.15, 0.2) is 70.4 Å². The number of furan rings is 1. The first-order valence-corrected chi connectivity index (χ1v) is 11.3. The predicted octanol–water partition coefficient (Wildman–Crippen LogP) is 4.34. The first kappa shape index (κ1) is 23.2. The number of nitrogens with zero attached hydrogens (tertiary/aromatic N) is 3. The van der Waals surface area contributed by atoms with Gasteiger partial charge in [0.1, 0.15) is 0 Å². The summed E-state index contributed by atoms with van der Waals surface area (Å²) in [6.07, 6.45) is 1.59. The van der Waals surface area contributed by atoms with Crippen LogP contribution in [-0.4, -0.2) is 47.8 Å². The first-order chi connectivity index (χ1) is 16.6. The van der Waals surface area contributed by atoms with Crippen LogP contribution in [0.4, 0.5) is 5.69 Å². The zero-order valence-electron chi connectivity index (χ0n) is 19.0.